The average molecular weight is 471 g/mol. The molecular weight excluding hydrogens is 440 g/mol. The summed E-state index contributed by atoms with van der Waals surface area (Å²) in [7, 11) is 0. The van der Waals surface area contributed by atoms with E-state index in [0.717, 1.165) is 37.1 Å². The van der Waals surface area contributed by atoms with E-state index < -0.39 is 0 Å². The fourth-order valence-corrected chi connectivity index (χ4v) is 2.81. The summed E-state index contributed by atoms with van der Waals surface area (Å²) in [6.45, 7) is 1.15. The van der Waals surface area contributed by atoms with E-state index in [4.69, 9.17) is 34.5 Å². The lowest BCUT2D eigenvalue weighted by Gasteiger charge is -2.05. The predicted molar refractivity (Wildman–Crippen MR) is 140 cm³/mol. The second-order valence-corrected chi connectivity index (χ2v) is 7.45. The van der Waals surface area contributed by atoms with Crippen molar-refractivity contribution >= 4 is 46.8 Å². The van der Waals surface area contributed by atoms with Gasteiger partial charge in [0.15, 0.2) is 0 Å². The van der Waals surface area contributed by atoms with Crippen molar-refractivity contribution in [1.82, 2.24) is 0 Å². The van der Waals surface area contributed by atoms with Crippen molar-refractivity contribution < 1.29 is 0 Å². The molecule has 11 heteroatoms. The number of hydrogen-bond acceptors (Lipinski definition) is 2. The van der Waals surface area contributed by atoms with Gasteiger partial charge in [0, 0.05) is 29.5 Å². The highest BCUT2D eigenvalue weighted by Gasteiger charge is 1.98. The molecule has 10 nitrogen and oxygen atoms in total. The largest absolute Gasteiger partial charge is 0.369 e. The first kappa shape index (κ1) is 25.5. The van der Waals surface area contributed by atoms with Gasteiger partial charge in [0.25, 0.3) is 0 Å². The molecule has 0 spiro atoms. The highest BCUT2D eigenvalue weighted by molar-refractivity contribution is 6.30. The lowest BCUT2D eigenvalue weighted by molar-refractivity contribution is 0.653. The molecule has 0 aliphatic carbocycles. The summed E-state index contributed by atoms with van der Waals surface area (Å²) < 4.78 is 0. The van der Waals surface area contributed by atoms with Crippen LogP contribution in [0.25, 0.3) is 0 Å². The van der Waals surface area contributed by atoms with Crippen LogP contribution in [0.5, 0.6) is 0 Å². The van der Waals surface area contributed by atoms with Gasteiger partial charge in [0.2, 0.25) is 23.8 Å². The van der Waals surface area contributed by atoms with Gasteiger partial charge in [0.1, 0.15) is 0 Å². The zero-order valence-corrected chi connectivity index (χ0v) is 19.2. The summed E-state index contributed by atoms with van der Waals surface area (Å²) in [5.74, 6) is 0.641. The molecule has 0 saturated heterocycles. The summed E-state index contributed by atoms with van der Waals surface area (Å²) >= 11 is 5.85. The van der Waals surface area contributed by atoms with Gasteiger partial charge < -0.3 is 33.6 Å². The third-order valence-electron chi connectivity index (χ3n) is 4.25. The molecule has 0 amide bonds. The number of hydrogen-bond donors (Lipinski definition) is 6. The molecule has 0 aromatic heterocycles. The first-order valence-corrected chi connectivity index (χ1v) is 10.9. The minimum absolute atomic E-state index is 0.130. The normalized spacial score (nSPS) is 13.1. The number of para-hydroxylation sites is 1. The van der Waals surface area contributed by atoms with E-state index in [1.807, 2.05) is 30.3 Å². The Kier molecular flexibility index (Phi) is 11.0. The zero-order chi connectivity index (χ0) is 23.9. The fourth-order valence-electron chi connectivity index (χ4n) is 2.69. The van der Waals surface area contributed by atoms with E-state index in [1.165, 1.54) is 0 Å². The number of benzene rings is 2. The third-order valence-corrected chi connectivity index (χ3v) is 4.50. The van der Waals surface area contributed by atoms with E-state index in [9.17, 15) is 0 Å². The number of halogens is 1. The van der Waals surface area contributed by atoms with Crippen LogP contribution in [-0.4, -0.2) is 36.9 Å². The molecule has 0 bridgehead atoms. The molecule has 0 atom stereocenters. The number of aliphatic imine (C=N–C) groups is 4. The maximum Gasteiger partial charge on any atom is 0.218 e. The monoisotopic (exact) mass is 470 g/mol. The van der Waals surface area contributed by atoms with E-state index >= 15 is 0 Å². The number of anilines is 2. The summed E-state index contributed by atoms with van der Waals surface area (Å²) in [6, 6.07) is 16.6. The predicted octanol–water partition coefficient (Wildman–Crippen LogP) is 2.68. The Balaban J connectivity index is 1.60. The maximum absolute atomic E-state index is 5.85. The Morgan fingerprint density at radius 3 is 1.58 bits per heavy atom. The Labute approximate surface area is 198 Å². The van der Waals surface area contributed by atoms with E-state index in [2.05, 4.69) is 30.6 Å². The number of rotatable bonds is 9. The van der Waals surface area contributed by atoms with Crippen LogP contribution >= 0.6 is 11.6 Å². The molecule has 10 N–H and O–H groups in total. The van der Waals surface area contributed by atoms with Crippen LogP contribution in [-0.2, 0) is 0 Å². The van der Waals surface area contributed by atoms with Crippen LogP contribution in [0, 0.1) is 0 Å². The standard InChI is InChI=1S/C22H31ClN10/c23-16-10-12-18(13-11-16)31-22(27)33-20(25)29-15-7-2-1-6-14-28-19(24)32-21(26)30-17-8-4-3-5-9-17/h3-5,8-13H,1-2,6-7,14-15H2,(H5,24,26,28,30,32)(H5,25,27,29,31,33). The van der Waals surface area contributed by atoms with Crippen LogP contribution in [0.15, 0.2) is 74.6 Å². The molecule has 0 aliphatic heterocycles. The molecule has 33 heavy (non-hydrogen) atoms. The van der Waals surface area contributed by atoms with E-state index in [-0.39, 0.29) is 23.8 Å². The average Bonchev–Trinajstić information content (AvgIpc) is 2.77. The van der Waals surface area contributed by atoms with Crippen molar-refractivity contribution in [2.45, 2.75) is 25.7 Å². The van der Waals surface area contributed by atoms with Gasteiger partial charge in [-0.2, -0.15) is 9.98 Å². The Morgan fingerprint density at radius 1 is 0.636 bits per heavy atom. The molecule has 2 aromatic carbocycles. The van der Waals surface area contributed by atoms with Crippen LogP contribution in [0.1, 0.15) is 25.7 Å². The topological polar surface area (TPSA) is 178 Å². The highest BCUT2D eigenvalue weighted by Crippen LogP contribution is 2.12. The van der Waals surface area contributed by atoms with Gasteiger partial charge in [-0.25, -0.2) is 0 Å². The number of nitrogens with zero attached hydrogens (tertiary/aromatic N) is 4. The SMILES string of the molecule is NC(=NCCCCCCN=C(N)N=C(N)Nc1ccc(Cl)cc1)N=C(N)Nc1ccccc1. The molecule has 0 aliphatic rings. The molecule has 0 unspecified atom stereocenters. The molecule has 2 rings (SSSR count). The van der Waals surface area contributed by atoms with Crippen molar-refractivity contribution in [2.24, 2.45) is 42.9 Å². The number of guanidine groups is 4. The fraction of sp³-hybridized carbons (Fsp3) is 0.273. The van der Waals surface area contributed by atoms with Gasteiger partial charge in [-0.3, -0.25) is 9.98 Å². The second-order valence-electron chi connectivity index (χ2n) is 7.01. The smallest absolute Gasteiger partial charge is 0.218 e. The van der Waals surface area contributed by atoms with Crippen molar-refractivity contribution in [3.63, 3.8) is 0 Å². The minimum Gasteiger partial charge on any atom is -0.369 e. The lowest BCUT2D eigenvalue weighted by atomic mass is 10.2. The molecule has 2 aromatic rings. The molecule has 0 heterocycles. The van der Waals surface area contributed by atoms with Crippen molar-refractivity contribution in [2.75, 3.05) is 23.7 Å². The maximum atomic E-state index is 5.85. The zero-order valence-electron chi connectivity index (χ0n) is 18.4. The van der Waals surface area contributed by atoms with Gasteiger partial charge >= 0.3 is 0 Å². The van der Waals surface area contributed by atoms with Crippen molar-refractivity contribution in [3.05, 3.63) is 59.6 Å². The Hall–Kier alpha value is -3.79. The van der Waals surface area contributed by atoms with Crippen LogP contribution in [0.3, 0.4) is 0 Å². The van der Waals surface area contributed by atoms with Gasteiger partial charge in [-0.15, -0.1) is 0 Å². The number of nitrogens with two attached hydrogens (primary N) is 4. The molecule has 0 radical (unpaired) electrons. The summed E-state index contributed by atoms with van der Waals surface area (Å²) in [4.78, 5) is 16.5. The third kappa shape index (κ3) is 11.4. The number of unbranched alkanes of at least 4 members (excludes halogenated alkanes) is 3. The highest BCUT2D eigenvalue weighted by atomic mass is 35.5. The van der Waals surface area contributed by atoms with Crippen molar-refractivity contribution in [1.29, 1.82) is 0 Å². The summed E-state index contributed by atoms with van der Waals surface area (Å²) in [5.41, 5.74) is 24.8. The van der Waals surface area contributed by atoms with Gasteiger partial charge in [-0.1, -0.05) is 42.6 Å². The minimum atomic E-state index is 0.130. The lowest BCUT2D eigenvalue weighted by Crippen LogP contribution is -2.26. The quantitative estimate of drug-likeness (QED) is 0.186. The van der Waals surface area contributed by atoms with Crippen LogP contribution in [0.2, 0.25) is 5.02 Å². The first-order chi connectivity index (χ1) is 15.9. The Morgan fingerprint density at radius 2 is 1.09 bits per heavy atom. The molecule has 0 fully saturated rings. The van der Waals surface area contributed by atoms with Gasteiger partial charge in [-0.05, 0) is 49.2 Å². The van der Waals surface area contributed by atoms with Gasteiger partial charge in [0.05, 0.1) is 0 Å². The van der Waals surface area contributed by atoms with Crippen molar-refractivity contribution in [3.8, 4) is 0 Å². The first-order valence-electron chi connectivity index (χ1n) is 10.5. The van der Waals surface area contributed by atoms with Crippen LogP contribution in [0.4, 0.5) is 11.4 Å². The summed E-state index contributed by atoms with van der Waals surface area (Å²) in [5, 5.41) is 6.51. The molecular formula is C22H31ClN10. The second kappa shape index (κ2) is 14.3. The van der Waals surface area contributed by atoms with Crippen LogP contribution < -0.4 is 33.6 Å². The molecule has 0 saturated carbocycles. The van der Waals surface area contributed by atoms with E-state index in [1.54, 1.807) is 24.3 Å². The molecule has 176 valence electrons. The Bertz CT molecular complexity index is 968. The number of nitrogens with one attached hydrogen (secondary N) is 2. The van der Waals surface area contributed by atoms with E-state index in [0.29, 0.717) is 18.1 Å². The summed E-state index contributed by atoms with van der Waals surface area (Å²) in [6.07, 6.45) is 3.73.